The van der Waals surface area contributed by atoms with Gasteiger partial charge in [-0.2, -0.15) is 0 Å². The quantitative estimate of drug-likeness (QED) is 0.187. The summed E-state index contributed by atoms with van der Waals surface area (Å²) in [6.07, 6.45) is 1.83. The van der Waals surface area contributed by atoms with Crippen LogP contribution in [0.15, 0.2) is 161 Å². The molecule has 0 atom stereocenters. The summed E-state index contributed by atoms with van der Waals surface area (Å²) >= 11 is 0. The Morgan fingerprint density at radius 2 is 1.19 bits per heavy atom. The molecule has 47 heavy (non-hydrogen) atoms. The average Bonchev–Trinajstić information content (AvgIpc) is 3.73. The molecule has 10 rings (SSSR count). The normalized spacial score (nSPS) is 11.8. The van der Waals surface area contributed by atoms with Gasteiger partial charge in [-0.25, -0.2) is 9.97 Å². The monoisotopic (exact) mass is 603 g/mol. The predicted molar refractivity (Wildman–Crippen MR) is 192 cm³/mol. The average molecular weight is 604 g/mol. The third-order valence-corrected chi connectivity index (χ3v) is 9.13. The summed E-state index contributed by atoms with van der Waals surface area (Å²) < 4.78 is 12.7. The molecule has 0 bridgehead atoms. The first-order valence-corrected chi connectivity index (χ1v) is 15.7. The van der Waals surface area contributed by atoms with Gasteiger partial charge in [0, 0.05) is 34.3 Å². The highest BCUT2D eigenvalue weighted by molar-refractivity contribution is 6.18. The van der Waals surface area contributed by atoms with Gasteiger partial charge in [0.15, 0.2) is 5.58 Å². The van der Waals surface area contributed by atoms with Gasteiger partial charge in [0.25, 0.3) is 0 Å². The van der Waals surface area contributed by atoms with E-state index in [9.17, 15) is 0 Å². The molecule has 5 heteroatoms. The molecule has 220 valence electrons. The van der Waals surface area contributed by atoms with Gasteiger partial charge in [-0.1, -0.05) is 78.9 Å². The van der Waals surface area contributed by atoms with Crippen LogP contribution in [0.1, 0.15) is 0 Å². The smallest absolute Gasteiger partial charge is 0.228 e. The highest BCUT2D eigenvalue weighted by atomic mass is 16.3. The Labute approximate surface area is 268 Å². The number of pyridine rings is 1. The molecule has 0 N–H and O–H groups in total. The minimum atomic E-state index is 0.579. The number of aromatic nitrogens is 2. The van der Waals surface area contributed by atoms with Crippen LogP contribution in [0.2, 0.25) is 0 Å². The summed E-state index contributed by atoms with van der Waals surface area (Å²) in [6, 6.07) is 50.3. The van der Waals surface area contributed by atoms with E-state index in [2.05, 4.69) is 89.8 Å². The maximum Gasteiger partial charge on any atom is 0.228 e. The number of hydrogen-bond acceptors (Lipinski definition) is 5. The zero-order chi connectivity index (χ0) is 30.9. The van der Waals surface area contributed by atoms with Crippen LogP contribution >= 0.6 is 0 Å². The second-order valence-electron chi connectivity index (χ2n) is 11.8. The standard InChI is InChI=1S/C42H25N3O2/c1-2-9-30-26(8-1)16-21-32-31(30)20-17-27-15-18-28(24-35(27)32)45(40-14-5-6-23-43-40)29-19-22-33-39(25-29)46-38-13-7-10-34(41(33)38)42-44-36-11-3-4-12-37(36)47-42/h1-25H. The first-order chi connectivity index (χ1) is 23.3. The molecule has 10 aromatic rings. The molecule has 0 amide bonds. The van der Waals surface area contributed by atoms with E-state index in [1.165, 1.54) is 32.3 Å². The first kappa shape index (κ1) is 25.8. The van der Waals surface area contributed by atoms with E-state index < -0.39 is 0 Å². The van der Waals surface area contributed by atoms with Gasteiger partial charge in [0.1, 0.15) is 22.5 Å². The van der Waals surface area contributed by atoms with Crippen molar-refractivity contribution in [1.82, 2.24) is 9.97 Å². The van der Waals surface area contributed by atoms with Crippen LogP contribution in [0.5, 0.6) is 0 Å². The van der Waals surface area contributed by atoms with Crippen LogP contribution in [-0.4, -0.2) is 9.97 Å². The Balaban J connectivity index is 1.16. The highest BCUT2D eigenvalue weighted by Crippen LogP contribution is 2.42. The van der Waals surface area contributed by atoms with E-state index in [1.54, 1.807) is 0 Å². The van der Waals surface area contributed by atoms with Crippen LogP contribution in [0.4, 0.5) is 17.2 Å². The Kier molecular flexibility index (Phi) is 5.51. The number of anilines is 3. The van der Waals surface area contributed by atoms with Crippen molar-refractivity contribution in [3.63, 3.8) is 0 Å². The van der Waals surface area contributed by atoms with Gasteiger partial charge in [0.2, 0.25) is 5.89 Å². The van der Waals surface area contributed by atoms with Gasteiger partial charge >= 0.3 is 0 Å². The van der Waals surface area contributed by atoms with Gasteiger partial charge in [0.05, 0.1) is 5.69 Å². The fourth-order valence-electron chi connectivity index (χ4n) is 6.96. The van der Waals surface area contributed by atoms with Crippen molar-refractivity contribution >= 4 is 82.5 Å². The molecule has 0 aliphatic rings. The molecule has 0 radical (unpaired) electrons. The van der Waals surface area contributed by atoms with E-state index in [0.29, 0.717) is 5.89 Å². The molecule has 0 unspecified atom stereocenters. The minimum absolute atomic E-state index is 0.579. The highest BCUT2D eigenvalue weighted by Gasteiger charge is 2.20. The van der Waals surface area contributed by atoms with E-state index in [1.807, 2.05) is 66.9 Å². The number of furan rings is 1. The number of para-hydroxylation sites is 2. The van der Waals surface area contributed by atoms with Crippen LogP contribution < -0.4 is 4.90 Å². The summed E-state index contributed by atoms with van der Waals surface area (Å²) in [5, 5.41) is 9.33. The second kappa shape index (κ2) is 10.0. The molecule has 0 fully saturated rings. The lowest BCUT2D eigenvalue weighted by molar-refractivity contribution is 0.620. The molecule has 0 spiro atoms. The van der Waals surface area contributed by atoms with Crippen molar-refractivity contribution in [3.05, 3.63) is 152 Å². The number of oxazole rings is 1. The molecule has 3 aromatic heterocycles. The SMILES string of the molecule is c1ccc(N(c2ccc3c(c2)oc2cccc(-c4nc5ccccc5o4)c23)c2ccc3ccc4c5ccccc5ccc4c3c2)nc1. The van der Waals surface area contributed by atoms with Gasteiger partial charge < -0.3 is 8.83 Å². The minimum Gasteiger partial charge on any atom is -0.456 e. The Morgan fingerprint density at radius 1 is 0.468 bits per heavy atom. The molecule has 3 heterocycles. The lowest BCUT2D eigenvalue weighted by atomic mass is 9.96. The third-order valence-electron chi connectivity index (χ3n) is 9.13. The summed E-state index contributed by atoms with van der Waals surface area (Å²) in [4.78, 5) is 11.8. The molecular weight excluding hydrogens is 578 g/mol. The largest absolute Gasteiger partial charge is 0.456 e. The van der Waals surface area contributed by atoms with Gasteiger partial charge in [-0.15, -0.1) is 0 Å². The van der Waals surface area contributed by atoms with E-state index in [0.717, 1.165) is 55.8 Å². The van der Waals surface area contributed by atoms with Crippen LogP contribution in [0.25, 0.3) is 76.8 Å². The lowest BCUT2D eigenvalue weighted by Crippen LogP contribution is -2.11. The van der Waals surface area contributed by atoms with Crippen molar-refractivity contribution in [1.29, 1.82) is 0 Å². The van der Waals surface area contributed by atoms with Crippen molar-refractivity contribution < 1.29 is 8.83 Å². The number of hydrogen-bond donors (Lipinski definition) is 0. The molecule has 0 aliphatic heterocycles. The van der Waals surface area contributed by atoms with Crippen molar-refractivity contribution in [2.45, 2.75) is 0 Å². The third kappa shape index (κ3) is 4.03. The first-order valence-electron chi connectivity index (χ1n) is 15.7. The lowest BCUT2D eigenvalue weighted by Gasteiger charge is -2.24. The summed E-state index contributed by atoms with van der Waals surface area (Å²) in [5.41, 5.74) is 6.02. The molecule has 0 aliphatic carbocycles. The van der Waals surface area contributed by atoms with Crippen molar-refractivity contribution in [3.8, 4) is 11.5 Å². The summed E-state index contributed by atoms with van der Waals surface area (Å²) in [7, 11) is 0. The molecule has 0 saturated carbocycles. The van der Waals surface area contributed by atoms with E-state index in [-0.39, 0.29) is 0 Å². The van der Waals surface area contributed by atoms with E-state index >= 15 is 0 Å². The molecular formula is C42H25N3O2. The zero-order valence-corrected chi connectivity index (χ0v) is 25.1. The Bertz CT molecular complexity index is 2780. The Hall–Kier alpha value is -6.46. The van der Waals surface area contributed by atoms with Crippen molar-refractivity contribution in [2.75, 3.05) is 4.90 Å². The second-order valence-corrected chi connectivity index (χ2v) is 11.8. The van der Waals surface area contributed by atoms with Crippen LogP contribution in [-0.2, 0) is 0 Å². The molecule has 0 saturated heterocycles. The summed E-state index contributed by atoms with van der Waals surface area (Å²) in [6.45, 7) is 0. The number of fused-ring (bicyclic) bond motifs is 9. The van der Waals surface area contributed by atoms with Gasteiger partial charge in [-0.3, -0.25) is 4.90 Å². The fourth-order valence-corrected chi connectivity index (χ4v) is 6.96. The van der Waals surface area contributed by atoms with Crippen LogP contribution in [0, 0.1) is 0 Å². The number of nitrogens with zero attached hydrogens (tertiary/aromatic N) is 3. The fraction of sp³-hybridized carbons (Fsp3) is 0. The van der Waals surface area contributed by atoms with E-state index in [4.69, 9.17) is 18.8 Å². The maximum absolute atomic E-state index is 6.50. The number of rotatable bonds is 4. The number of benzene rings is 7. The topological polar surface area (TPSA) is 55.3 Å². The van der Waals surface area contributed by atoms with Gasteiger partial charge in [-0.05, 0) is 93.0 Å². The molecule has 7 aromatic carbocycles. The van der Waals surface area contributed by atoms with Crippen LogP contribution in [0.3, 0.4) is 0 Å². The van der Waals surface area contributed by atoms with Crippen molar-refractivity contribution in [2.24, 2.45) is 0 Å². The summed E-state index contributed by atoms with van der Waals surface area (Å²) in [5.74, 6) is 1.40. The zero-order valence-electron chi connectivity index (χ0n) is 25.1. The molecule has 5 nitrogen and oxygen atoms in total. The Morgan fingerprint density at radius 3 is 2.09 bits per heavy atom. The predicted octanol–water partition coefficient (Wildman–Crippen LogP) is 11.7. The maximum atomic E-state index is 6.50.